The summed E-state index contributed by atoms with van der Waals surface area (Å²) >= 11 is 6.36. The first kappa shape index (κ1) is 17.3. The van der Waals surface area contributed by atoms with Crippen LogP contribution in [0.25, 0.3) is 0 Å². The first-order chi connectivity index (χ1) is 11.6. The minimum atomic E-state index is -1.18. The highest BCUT2D eigenvalue weighted by atomic mass is 35.5. The summed E-state index contributed by atoms with van der Waals surface area (Å²) in [6.07, 6.45) is 3.29. The molecule has 4 heteroatoms. The van der Waals surface area contributed by atoms with Crippen molar-refractivity contribution in [1.82, 2.24) is 0 Å². The molecular formula is C20H23ClO3. The van der Waals surface area contributed by atoms with Gasteiger partial charge in [0.1, 0.15) is 5.75 Å². The SMILES string of the molecule is CCOc1ccc(Cc2cc(C3(O)CCCCO3)ccc2Cl)cc1. The summed E-state index contributed by atoms with van der Waals surface area (Å²) in [5.41, 5.74) is 2.92. The van der Waals surface area contributed by atoms with Gasteiger partial charge in [0.05, 0.1) is 13.2 Å². The smallest absolute Gasteiger partial charge is 0.192 e. The van der Waals surface area contributed by atoms with E-state index in [-0.39, 0.29) is 0 Å². The Labute approximate surface area is 148 Å². The van der Waals surface area contributed by atoms with Crippen LogP contribution in [0.1, 0.15) is 42.9 Å². The molecule has 1 fully saturated rings. The lowest BCUT2D eigenvalue weighted by molar-refractivity contribution is -0.233. The van der Waals surface area contributed by atoms with Gasteiger partial charge in [-0.3, -0.25) is 0 Å². The molecule has 0 radical (unpaired) electrons. The molecule has 24 heavy (non-hydrogen) atoms. The van der Waals surface area contributed by atoms with E-state index in [4.69, 9.17) is 21.1 Å². The van der Waals surface area contributed by atoms with Gasteiger partial charge in [0, 0.05) is 17.0 Å². The predicted molar refractivity (Wildman–Crippen MR) is 95.6 cm³/mol. The van der Waals surface area contributed by atoms with Crippen LogP contribution in [0.2, 0.25) is 5.02 Å². The number of rotatable bonds is 5. The molecule has 128 valence electrons. The van der Waals surface area contributed by atoms with Crippen LogP contribution in [0.4, 0.5) is 0 Å². The van der Waals surface area contributed by atoms with Gasteiger partial charge in [-0.2, -0.15) is 0 Å². The van der Waals surface area contributed by atoms with E-state index in [1.165, 1.54) is 0 Å². The third-order valence-electron chi connectivity index (χ3n) is 4.38. The Balaban J connectivity index is 1.81. The second-order valence-corrected chi connectivity index (χ2v) is 6.56. The van der Waals surface area contributed by atoms with Gasteiger partial charge < -0.3 is 14.6 Å². The summed E-state index contributed by atoms with van der Waals surface area (Å²) in [6.45, 7) is 3.22. The average molecular weight is 347 g/mol. The number of halogens is 1. The lowest BCUT2D eigenvalue weighted by atomic mass is 9.94. The van der Waals surface area contributed by atoms with E-state index in [1.54, 1.807) is 0 Å². The molecule has 1 N–H and O–H groups in total. The Bertz CT molecular complexity index is 676. The highest BCUT2D eigenvalue weighted by Crippen LogP contribution is 2.34. The van der Waals surface area contributed by atoms with Gasteiger partial charge in [0.15, 0.2) is 5.79 Å². The molecule has 0 saturated carbocycles. The molecule has 1 unspecified atom stereocenters. The Hall–Kier alpha value is -1.55. The maximum atomic E-state index is 10.7. The Morgan fingerprint density at radius 2 is 1.96 bits per heavy atom. The molecule has 1 saturated heterocycles. The van der Waals surface area contributed by atoms with Crippen molar-refractivity contribution < 1.29 is 14.6 Å². The first-order valence-corrected chi connectivity index (χ1v) is 8.85. The van der Waals surface area contributed by atoms with Crippen LogP contribution in [0.15, 0.2) is 42.5 Å². The van der Waals surface area contributed by atoms with Crippen LogP contribution in [-0.4, -0.2) is 18.3 Å². The van der Waals surface area contributed by atoms with Gasteiger partial charge in [-0.05, 0) is 61.6 Å². The number of benzene rings is 2. The largest absolute Gasteiger partial charge is 0.494 e. The Morgan fingerprint density at radius 3 is 2.62 bits per heavy atom. The minimum Gasteiger partial charge on any atom is -0.494 e. The fourth-order valence-electron chi connectivity index (χ4n) is 3.05. The molecule has 1 heterocycles. The quantitative estimate of drug-likeness (QED) is 0.854. The van der Waals surface area contributed by atoms with Crippen molar-refractivity contribution in [2.24, 2.45) is 0 Å². The summed E-state index contributed by atoms with van der Waals surface area (Å²) in [6, 6.07) is 13.7. The monoisotopic (exact) mass is 346 g/mol. The molecule has 1 aliphatic rings. The third-order valence-corrected chi connectivity index (χ3v) is 4.75. The molecule has 3 nitrogen and oxygen atoms in total. The maximum absolute atomic E-state index is 10.7. The standard InChI is InChI=1S/C20H23ClO3/c1-2-23-18-8-5-15(6-9-18)13-16-14-17(7-10-19(16)21)20(22)11-3-4-12-24-20/h5-10,14,22H,2-4,11-13H2,1H3. The van der Waals surface area contributed by atoms with E-state index in [0.717, 1.165) is 35.3 Å². The van der Waals surface area contributed by atoms with E-state index in [1.807, 2.05) is 49.4 Å². The van der Waals surface area contributed by atoms with Gasteiger partial charge in [-0.15, -0.1) is 0 Å². The van der Waals surface area contributed by atoms with Gasteiger partial charge in [0.25, 0.3) is 0 Å². The summed E-state index contributed by atoms with van der Waals surface area (Å²) < 4.78 is 11.1. The van der Waals surface area contributed by atoms with E-state index in [0.29, 0.717) is 31.1 Å². The van der Waals surface area contributed by atoms with Crippen LogP contribution in [0, 0.1) is 0 Å². The summed E-state index contributed by atoms with van der Waals surface area (Å²) in [5.74, 6) is -0.317. The third kappa shape index (κ3) is 3.92. The van der Waals surface area contributed by atoms with E-state index in [2.05, 4.69) is 0 Å². The van der Waals surface area contributed by atoms with Crippen molar-refractivity contribution in [3.05, 3.63) is 64.2 Å². The number of hydrogen-bond donors (Lipinski definition) is 1. The lowest BCUT2D eigenvalue weighted by Crippen LogP contribution is -2.33. The molecule has 1 atom stereocenters. The fourth-order valence-corrected chi connectivity index (χ4v) is 3.24. The van der Waals surface area contributed by atoms with Crippen molar-refractivity contribution in [3.63, 3.8) is 0 Å². The van der Waals surface area contributed by atoms with Crippen molar-refractivity contribution in [3.8, 4) is 5.75 Å². The molecule has 2 aromatic rings. The molecule has 1 aliphatic heterocycles. The van der Waals surface area contributed by atoms with Crippen LogP contribution in [-0.2, 0) is 16.9 Å². The number of aliphatic hydroxyl groups is 1. The molecule has 2 aromatic carbocycles. The molecule has 0 bridgehead atoms. The summed E-state index contributed by atoms with van der Waals surface area (Å²) in [7, 11) is 0. The zero-order chi connectivity index (χ0) is 17.0. The average Bonchev–Trinajstić information content (AvgIpc) is 2.59. The highest BCUT2D eigenvalue weighted by Gasteiger charge is 2.32. The maximum Gasteiger partial charge on any atom is 0.192 e. The molecule has 3 rings (SSSR count). The lowest BCUT2D eigenvalue weighted by Gasteiger charge is -2.33. The molecule has 0 aromatic heterocycles. The van der Waals surface area contributed by atoms with Crippen LogP contribution in [0.5, 0.6) is 5.75 Å². The zero-order valence-electron chi connectivity index (χ0n) is 13.9. The molecule has 0 spiro atoms. The van der Waals surface area contributed by atoms with Crippen LogP contribution < -0.4 is 4.74 Å². The Morgan fingerprint density at radius 1 is 1.17 bits per heavy atom. The van der Waals surface area contributed by atoms with Gasteiger partial charge >= 0.3 is 0 Å². The van der Waals surface area contributed by atoms with Gasteiger partial charge in [0.2, 0.25) is 0 Å². The molecular weight excluding hydrogens is 324 g/mol. The van der Waals surface area contributed by atoms with Crippen molar-refractivity contribution in [1.29, 1.82) is 0 Å². The Kier molecular flexibility index (Phi) is 5.44. The topological polar surface area (TPSA) is 38.7 Å². The number of hydrogen-bond acceptors (Lipinski definition) is 3. The second kappa shape index (κ2) is 7.56. The zero-order valence-corrected chi connectivity index (χ0v) is 14.7. The van der Waals surface area contributed by atoms with E-state index >= 15 is 0 Å². The van der Waals surface area contributed by atoms with Crippen LogP contribution in [0.3, 0.4) is 0 Å². The number of ether oxygens (including phenoxy) is 2. The van der Waals surface area contributed by atoms with Crippen molar-refractivity contribution in [2.45, 2.75) is 38.4 Å². The second-order valence-electron chi connectivity index (χ2n) is 6.15. The van der Waals surface area contributed by atoms with Gasteiger partial charge in [-0.1, -0.05) is 29.8 Å². The molecule has 0 aliphatic carbocycles. The van der Waals surface area contributed by atoms with Crippen molar-refractivity contribution in [2.75, 3.05) is 13.2 Å². The minimum absolute atomic E-state index is 0.591. The first-order valence-electron chi connectivity index (χ1n) is 8.48. The predicted octanol–water partition coefficient (Wildman–Crippen LogP) is 4.68. The van der Waals surface area contributed by atoms with E-state index < -0.39 is 5.79 Å². The van der Waals surface area contributed by atoms with Crippen molar-refractivity contribution >= 4 is 11.6 Å². The van der Waals surface area contributed by atoms with E-state index in [9.17, 15) is 5.11 Å². The van der Waals surface area contributed by atoms with Crippen LogP contribution >= 0.6 is 11.6 Å². The highest BCUT2D eigenvalue weighted by molar-refractivity contribution is 6.31. The fraction of sp³-hybridized carbons (Fsp3) is 0.400. The summed E-state index contributed by atoms with van der Waals surface area (Å²) in [4.78, 5) is 0. The normalized spacial score (nSPS) is 20.8. The summed E-state index contributed by atoms with van der Waals surface area (Å²) in [5, 5.41) is 11.4. The van der Waals surface area contributed by atoms with Gasteiger partial charge in [-0.25, -0.2) is 0 Å². The molecule has 0 amide bonds.